The normalized spacial score (nSPS) is 23.7. The lowest BCUT2D eigenvalue weighted by atomic mass is 9.72. The summed E-state index contributed by atoms with van der Waals surface area (Å²) in [4.78, 5) is 0. The molecule has 0 spiro atoms. The lowest BCUT2D eigenvalue weighted by Crippen LogP contribution is -2.43. The van der Waals surface area contributed by atoms with Crippen molar-refractivity contribution in [3.63, 3.8) is 0 Å². The van der Waals surface area contributed by atoms with Crippen LogP contribution in [0.3, 0.4) is 0 Å². The fourth-order valence-electron chi connectivity index (χ4n) is 3.02. The Morgan fingerprint density at radius 3 is 2.50 bits per heavy atom. The zero-order chi connectivity index (χ0) is 12.6. The fourth-order valence-corrected chi connectivity index (χ4v) is 4.46. The highest BCUT2D eigenvalue weighted by molar-refractivity contribution is 7.99. The van der Waals surface area contributed by atoms with Gasteiger partial charge in [-0.15, -0.1) is 0 Å². The fraction of sp³-hybridized carbons (Fsp3) is 0.600. The molecule has 0 unspecified atom stereocenters. The summed E-state index contributed by atoms with van der Waals surface area (Å²) in [7, 11) is 0. The van der Waals surface area contributed by atoms with Crippen LogP contribution in [-0.2, 0) is 5.54 Å². The van der Waals surface area contributed by atoms with Crippen LogP contribution < -0.4 is 5.73 Å². The Balaban J connectivity index is 1.84. The first kappa shape index (κ1) is 12.8. The third-order valence-corrected chi connectivity index (χ3v) is 5.86. The van der Waals surface area contributed by atoms with Crippen molar-refractivity contribution in [1.82, 2.24) is 0 Å². The second kappa shape index (κ2) is 5.07. The zero-order valence-electron chi connectivity index (χ0n) is 10.6. The Morgan fingerprint density at radius 2 is 1.94 bits per heavy atom. The van der Waals surface area contributed by atoms with Gasteiger partial charge in [-0.1, -0.05) is 23.7 Å². The predicted octanol–water partition coefficient (Wildman–Crippen LogP) is 4.29. The van der Waals surface area contributed by atoms with Crippen molar-refractivity contribution in [2.24, 2.45) is 5.73 Å². The highest BCUT2D eigenvalue weighted by Crippen LogP contribution is 2.42. The molecule has 0 radical (unpaired) electrons. The highest BCUT2D eigenvalue weighted by atomic mass is 35.5. The molecule has 0 bridgehead atoms. The van der Waals surface area contributed by atoms with E-state index in [1.165, 1.54) is 41.9 Å². The second-order valence-corrected chi connectivity index (χ2v) is 7.26. The molecule has 2 N–H and O–H groups in total. The Kier molecular flexibility index (Phi) is 3.61. The molecule has 0 aromatic heterocycles. The number of rotatable bonds is 2. The summed E-state index contributed by atoms with van der Waals surface area (Å²) in [6.07, 6.45) is 5.97. The van der Waals surface area contributed by atoms with Crippen LogP contribution in [0, 0.1) is 0 Å². The van der Waals surface area contributed by atoms with E-state index in [-0.39, 0.29) is 5.54 Å². The average molecular weight is 282 g/mol. The minimum atomic E-state index is -0.0927. The van der Waals surface area contributed by atoms with Gasteiger partial charge in [0.1, 0.15) is 0 Å². The van der Waals surface area contributed by atoms with Gasteiger partial charge in [0.25, 0.3) is 0 Å². The van der Waals surface area contributed by atoms with Crippen molar-refractivity contribution in [2.45, 2.75) is 43.6 Å². The second-order valence-electron chi connectivity index (χ2n) is 5.63. The Morgan fingerprint density at radius 1 is 1.22 bits per heavy atom. The summed E-state index contributed by atoms with van der Waals surface area (Å²) < 4.78 is 0. The molecule has 1 aromatic rings. The van der Waals surface area contributed by atoms with E-state index in [4.69, 9.17) is 17.3 Å². The van der Waals surface area contributed by atoms with Gasteiger partial charge in [0.15, 0.2) is 0 Å². The SMILES string of the molecule is NC1(c2ccc(C3CCSCC3)c(Cl)c2)CCC1. The minimum absolute atomic E-state index is 0.0927. The van der Waals surface area contributed by atoms with Gasteiger partial charge in [0, 0.05) is 10.6 Å². The standard InChI is InChI=1S/C15H20ClNS/c16-14-10-12(15(17)6-1-7-15)2-3-13(14)11-4-8-18-9-5-11/h2-3,10-11H,1,4-9,17H2. The maximum absolute atomic E-state index is 6.49. The highest BCUT2D eigenvalue weighted by Gasteiger charge is 2.34. The molecule has 1 aliphatic carbocycles. The van der Waals surface area contributed by atoms with Gasteiger partial charge in [-0.25, -0.2) is 0 Å². The molecule has 1 saturated heterocycles. The minimum Gasteiger partial charge on any atom is -0.321 e. The largest absolute Gasteiger partial charge is 0.321 e. The average Bonchev–Trinajstić information content (AvgIpc) is 2.37. The predicted molar refractivity (Wildman–Crippen MR) is 80.5 cm³/mol. The molecule has 18 heavy (non-hydrogen) atoms. The molecule has 1 aromatic carbocycles. The summed E-state index contributed by atoms with van der Waals surface area (Å²) >= 11 is 8.54. The molecule has 1 saturated carbocycles. The first-order chi connectivity index (χ1) is 8.69. The van der Waals surface area contributed by atoms with Crippen LogP contribution in [-0.4, -0.2) is 11.5 Å². The lowest BCUT2D eigenvalue weighted by Gasteiger charge is -2.39. The van der Waals surface area contributed by atoms with Gasteiger partial charge in [-0.05, 0) is 66.7 Å². The molecule has 98 valence electrons. The first-order valence-electron chi connectivity index (χ1n) is 6.86. The summed E-state index contributed by atoms with van der Waals surface area (Å²) in [5, 5.41) is 0.932. The van der Waals surface area contributed by atoms with E-state index >= 15 is 0 Å². The van der Waals surface area contributed by atoms with Crippen molar-refractivity contribution in [2.75, 3.05) is 11.5 Å². The van der Waals surface area contributed by atoms with Gasteiger partial charge >= 0.3 is 0 Å². The van der Waals surface area contributed by atoms with E-state index in [1.54, 1.807) is 0 Å². The third-order valence-electron chi connectivity index (χ3n) is 4.48. The van der Waals surface area contributed by atoms with Crippen LogP contribution in [0.15, 0.2) is 18.2 Å². The van der Waals surface area contributed by atoms with Crippen molar-refractivity contribution in [3.05, 3.63) is 34.3 Å². The zero-order valence-corrected chi connectivity index (χ0v) is 12.2. The van der Waals surface area contributed by atoms with E-state index < -0.39 is 0 Å². The van der Waals surface area contributed by atoms with Crippen molar-refractivity contribution < 1.29 is 0 Å². The van der Waals surface area contributed by atoms with E-state index in [2.05, 4.69) is 30.0 Å². The van der Waals surface area contributed by atoms with Gasteiger partial charge in [0.05, 0.1) is 0 Å². The van der Waals surface area contributed by atoms with Crippen molar-refractivity contribution in [1.29, 1.82) is 0 Å². The van der Waals surface area contributed by atoms with Gasteiger partial charge in [-0.2, -0.15) is 11.8 Å². The van der Waals surface area contributed by atoms with E-state index in [0.717, 1.165) is 17.9 Å². The van der Waals surface area contributed by atoms with Crippen LogP contribution in [0.25, 0.3) is 0 Å². The van der Waals surface area contributed by atoms with E-state index in [9.17, 15) is 0 Å². The summed E-state index contributed by atoms with van der Waals surface area (Å²) in [5.74, 6) is 3.19. The number of thioether (sulfide) groups is 1. The molecule has 3 heteroatoms. The smallest absolute Gasteiger partial charge is 0.0444 e. The molecular formula is C15H20ClNS. The lowest BCUT2D eigenvalue weighted by molar-refractivity contribution is 0.253. The van der Waals surface area contributed by atoms with Crippen LogP contribution in [0.1, 0.15) is 49.1 Å². The molecule has 2 fully saturated rings. The number of benzene rings is 1. The summed E-state index contributed by atoms with van der Waals surface area (Å²) in [6, 6.07) is 6.56. The molecule has 1 nitrogen and oxygen atoms in total. The molecule has 0 amide bonds. The maximum atomic E-state index is 6.49. The van der Waals surface area contributed by atoms with Crippen molar-refractivity contribution in [3.8, 4) is 0 Å². The van der Waals surface area contributed by atoms with E-state index in [1.807, 2.05) is 0 Å². The van der Waals surface area contributed by atoms with Crippen LogP contribution >= 0.6 is 23.4 Å². The van der Waals surface area contributed by atoms with Crippen LogP contribution in [0.5, 0.6) is 0 Å². The van der Waals surface area contributed by atoms with Crippen LogP contribution in [0.2, 0.25) is 5.02 Å². The molecule has 1 aliphatic heterocycles. The Bertz CT molecular complexity index is 436. The number of halogens is 1. The Hall–Kier alpha value is -0.180. The molecular weight excluding hydrogens is 262 g/mol. The number of hydrogen-bond acceptors (Lipinski definition) is 2. The molecule has 2 aliphatic rings. The quantitative estimate of drug-likeness (QED) is 0.875. The van der Waals surface area contributed by atoms with Crippen LogP contribution in [0.4, 0.5) is 0 Å². The van der Waals surface area contributed by atoms with Crippen molar-refractivity contribution >= 4 is 23.4 Å². The summed E-state index contributed by atoms with van der Waals surface area (Å²) in [6.45, 7) is 0. The van der Waals surface area contributed by atoms with Gasteiger partial charge in [0.2, 0.25) is 0 Å². The third kappa shape index (κ3) is 2.31. The topological polar surface area (TPSA) is 26.0 Å². The van der Waals surface area contributed by atoms with Gasteiger partial charge in [-0.3, -0.25) is 0 Å². The number of nitrogens with two attached hydrogens (primary N) is 1. The molecule has 0 atom stereocenters. The maximum Gasteiger partial charge on any atom is 0.0444 e. The van der Waals surface area contributed by atoms with Gasteiger partial charge < -0.3 is 5.73 Å². The van der Waals surface area contributed by atoms with E-state index in [0.29, 0.717) is 5.92 Å². The molecule has 3 rings (SSSR count). The first-order valence-corrected chi connectivity index (χ1v) is 8.39. The molecule has 1 heterocycles. The Labute approximate surface area is 118 Å². The summed E-state index contributed by atoms with van der Waals surface area (Å²) in [5.41, 5.74) is 8.83. The monoisotopic (exact) mass is 281 g/mol. The number of hydrogen-bond donors (Lipinski definition) is 1.